The van der Waals surface area contributed by atoms with E-state index in [2.05, 4.69) is 11.8 Å². The third-order valence-electron chi connectivity index (χ3n) is 5.30. The van der Waals surface area contributed by atoms with Gasteiger partial charge in [0.15, 0.2) is 0 Å². The molecule has 1 aromatic carbocycles. The van der Waals surface area contributed by atoms with Crippen molar-refractivity contribution in [1.82, 2.24) is 9.88 Å². The summed E-state index contributed by atoms with van der Waals surface area (Å²) in [6.07, 6.45) is 3.74. The fourth-order valence-corrected chi connectivity index (χ4v) is 3.86. The number of rotatable bonds is 9. The van der Waals surface area contributed by atoms with Gasteiger partial charge in [-0.25, -0.2) is 4.98 Å². The van der Waals surface area contributed by atoms with Gasteiger partial charge >= 0.3 is 0 Å². The summed E-state index contributed by atoms with van der Waals surface area (Å²) in [7, 11) is 3.32. The van der Waals surface area contributed by atoms with Crippen molar-refractivity contribution < 1.29 is 18.6 Å². The Morgan fingerprint density at radius 1 is 1.21 bits per heavy atom. The van der Waals surface area contributed by atoms with Crippen molar-refractivity contribution in [3.05, 3.63) is 29.2 Å². The highest BCUT2D eigenvalue weighted by Crippen LogP contribution is 2.38. The lowest BCUT2D eigenvalue weighted by atomic mass is 10.1. The Labute approximate surface area is 167 Å². The topological polar surface area (TPSA) is 57.0 Å². The molecule has 1 aliphatic rings. The summed E-state index contributed by atoms with van der Waals surface area (Å²) in [4.78, 5) is 7.23. The fourth-order valence-electron chi connectivity index (χ4n) is 3.86. The molecular weight excluding hydrogens is 356 g/mol. The maximum atomic E-state index is 6.03. The van der Waals surface area contributed by atoms with Crippen LogP contribution in [-0.2, 0) is 11.3 Å². The van der Waals surface area contributed by atoms with Crippen molar-refractivity contribution in [1.29, 1.82) is 0 Å². The van der Waals surface area contributed by atoms with Crippen molar-refractivity contribution in [3.8, 4) is 23.0 Å². The molecule has 0 N–H and O–H groups in total. The number of hydrogen-bond acceptors (Lipinski definition) is 6. The Balaban J connectivity index is 1.83. The van der Waals surface area contributed by atoms with Crippen LogP contribution >= 0.6 is 0 Å². The van der Waals surface area contributed by atoms with Crippen molar-refractivity contribution in [2.24, 2.45) is 0 Å². The summed E-state index contributed by atoms with van der Waals surface area (Å²) >= 11 is 0. The SMILES string of the molecule is CCCN(Cc1nc(-c2ccc(OC)c(C)c2OC)oc1C)CC1CCCO1. The van der Waals surface area contributed by atoms with E-state index in [0.717, 1.165) is 79.6 Å². The molecule has 1 unspecified atom stereocenters. The van der Waals surface area contributed by atoms with Gasteiger partial charge in [-0.1, -0.05) is 6.92 Å². The molecule has 2 aromatic rings. The highest BCUT2D eigenvalue weighted by atomic mass is 16.5. The van der Waals surface area contributed by atoms with Crippen LogP contribution in [0.3, 0.4) is 0 Å². The third kappa shape index (κ3) is 4.50. The summed E-state index contributed by atoms with van der Waals surface area (Å²) in [5.74, 6) is 2.95. The van der Waals surface area contributed by atoms with Gasteiger partial charge < -0.3 is 18.6 Å². The first-order chi connectivity index (χ1) is 13.6. The van der Waals surface area contributed by atoms with Crippen LogP contribution in [0.15, 0.2) is 16.5 Å². The minimum absolute atomic E-state index is 0.336. The molecule has 1 aromatic heterocycles. The van der Waals surface area contributed by atoms with Crippen molar-refractivity contribution >= 4 is 0 Å². The molecule has 1 fully saturated rings. The Kier molecular flexibility index (Phi) is 6.97. The second-order valence-electron chi connectivity index (χ2n) is 7.37. The zero-order valence-electron chi connectivity index (χ0n) is 17.7. The van der Waals surface area contributed by atoms with Crippen LogP contribution in [0.4, 0.5) is 0 Å². The van der Waals surface area contributed by atoms with E-state index in [1.165, 1.54) is 0 Å². The molecule has 1 atom stereocenters. The third-order valence-corrected chi connectivity index (χ3v) is 5.30. The van der Waals surface area contributed by atoms with Gasteiger partial charge in [-0.3, -0.25) is 4.90 Å². The minimum atomic E-state index is 0.336. The molecular formula is C22H32N2O4. The van der Waals surface area contributed by atoms with E-state index < -0.39 is 0 Å². The quantitative estimate of drug-likeness (QED) is 0.636. The zero-order valence-corrected chi connectivity index (χ0v) is 17.7. The molecule has 0 aliphatic carbocycles. The van der Waals surface area contributed by atoms with E-state index in [-0.39, 0.29) is 0 Å². The molecule has 2 heterocycles. The van der Waals surface area contributed by atoms with E-state index in [0.29, 0.717) is 12.0 Å². The maximum Gasteiger partial charge on any atom is 0.230 e. The Hall–Kier alpha value is -2.05. The van der Waals surface area contributed by atoms with Crippen LogP contribution in [-0.4, -0.2) is 49.9 Å². The first-order valence-corrected chi connectivity index (χ1v) is 10.1. The number of methoxy groups -OCH3 is 2. The Morgan fingerprint density at radius 3 is 2.68 bits per heavy atom. The molecule has 1 saturated heterocycles. The van der Waals surface area contributed by atoms with Crippen LogP contribution in [0.1, 0.15) is 43.2 Å². The molecule has 0 saturated carbocycles. The number of benzene rings is 1. The van der Waals surface area contributed by atoms with E-state index in [4.69, 9.17) is 23.6 Å². The number of nitrogens with zero attached hydrogens (tertiary/aromatic N) is 2. The lowest BCUT2D eigenvalue weighted by Crippen LogP contribution is -2.32. The van der Waals surface area contributed by atoms with Crippen LogP contribution in [0.2, 0.25) is 0 Å². The van der Waals surface area contributed by atoms with E-state index >= 15 is 0 Å². The molecule has 1 aliphatic heterocycles. The van der Waals surface area contributed by atoms with Crippen molar-refractivity contribution in [2.45, 2.75) is 52.7 Å². The molecule has 0 bridgehead atoms. The van der Waals surface area contributed by atoms with E-state index in [1.54, 1.807) is 14.2 Å². The predicted molar refractivity (Wildman–Crippen MR) is 109 cm³/mol. The van der Waals surface area contributed by atoms with Crippen LogP contribution < -0.4 is 9.47 Å². The van der Waals surface area contributed by atoms with Gasteiger partial charge in [-0.05, 0) is 51.8 Å². The Morgan fingerprint density at radius 2 is 2.04 bits per heavy atom. The standard InChI is InChI=1S/C22H32N2O4/c1-6-11-24(13-17-8-7-12-27-17)14-19-16(3)28-22(23-19)18-9-10-20(25-4)15(2)21(18)26-5/h9-10,17H,6-8,11-14H2,1-5H3. The second-order valence-corrected chi connectivity index (χ2v) is 7.37. The van der Waals surface area contributed by atoms with E-state index in [1.807, 2.05) is 26.0 Å². The van der Waals surface area contributed by atoms with Gasteiger partial charge in [0.2, 0.25) is 5.89 Å². The molecule has 0 spiro atoms. The highest BCUT2D eigenvalue weighted by molar-refractivity contribution is 5.68. The summed E-state index contributed by atoms with van der Waals surface area (Å²) in [6, 6.07) is 3.86. The molecule has 154 valence electrons. The smallest absolute Gasteiger partial charge is 0.230 e. The van der Waals surface area contributed by atoms with Crippen LogP contribution in [0.25, 0.3) is 11.5 Å². The summed E-state index contributed by atoms with van der Waals surface area (Å²) in [6.45, 7) is 9.77. The number of aryl methyl sites for hydroxylation is 1. The molecule has 0 amide bonds. The monoisotopic (exact) mass is 388 g/mol. The average Bonchev–Trinajstić information content (AvgIpc) is 3.31. The predicted octanol–water partition coefficient (Wildman–Crippen LogP) is 4.37. The summed E-state index contributed by atoms with van der Waals surface area (Å²) in [5, 5.41) is 0. The lowest BCUT2D eigenvalue weighted by Gasteiger charge is -2.23. The van der Waals surface area contributed by atoms with E-state index in [9.17, 15) is 0 Å². The molecule has 3 rings (SSSR count). The first-order valence-electron chi connectivity index (χ1n) is 10.1. The normalized spacial score (nSPS) is 16.7. The van der Waals surface area contributed by atoms with Gasteiger partial charge in [0.25, 0.3) is 0 Å². The first kappa shape index (κ1) is 20.7. The summed E-state index contributed by atoms with van der Waals surface area (Å²) < 4.78 is 22.9. The lowest BCUT2D eigenvalue weighted by molar-refractivity contribution is 0.0701. The number of oxazole rings is 1. The van der Waals surface area contributed by atoms with Crippen LogP contribution in [0, 0.1) is 13.8 Å². The molecule has 0 radical (unpaired) electrons. The number of ether oxygens (including phenoxy) is 3. The maximum absolute atomic E-state index is 6.03. The summed E-state index contributed by atoms with van der Waals surface area (Å²) in [5.41, 5.74) is 2.75. The van der Waals surface area contributed by atoms with Gasteiger partial charge in [0, 0.05) is 25.3 Å². The molecule has 6 nitrogen and oxygen atoms in total. The number of hydrogen-bond donors (Lipinski definition) is 0. The zero-order chi connectivity index (χ0) is 20.1. The molecule has 6 heteroatoms. The highest BCUT2D eigenvalue weighted by Gasteiger charge is 2.22. The van der Waals surface area contributed by atoms with Crippen molar-refractivity contribution in [3.63, 3.8) is 0 Å². The van der Waals surface area contributed by atoms with Gasteiger partial charge in [-0.2, -0.15) is 0 Å². The van der Waals surface area contributed by atoms with Gasteiger partial charge in [0.05, 0.1) is 31.6 Å². The average molecular weight is 389 g/mol. The Bertz CT molecular complexity index is 781. The largest absolute Gasteiger partial charge is 0.496 e. The second kappa shape index (κ2) is 9.43. The van der Waals surface area contributed by atoms with Crippen LogP contribution in [0.5, 0.6) is 11.5 Å². The van der Waals surface area contributed by atoms with Gasteiger partial charge in [-0.15, -0.1) is 0 Å². The van der Waals surface area contributed by atoms with Crippen molar-refractivity contribution in [2.75, 3.05) is 33.9 Å². The minimum Gasteiger partial charge on any atom is -0.496 e. The number of aromatic nitrogens is 1. The molecule has 28 heavy (non-hydrogen) atoms. The fraction of sp³-hybridized carbons (Fsp3) is 0.591. The van der Waals surface area contributed by atoms with Gasteiger partial charge in [0.1, 0.15) is 17.3 Å².